The summed E-state index contributed by atoms with van der Waals surface area (Å²) in [5.41, 5.74) is 3.75. The molecule has 0 unspecified atom stereocenters. The van der Waals surface area contributed by atoms with Crippen molar-refractivity contribution in [3.8, 4) is 5.75 Å². The summed E-state index contributed by atoms with van der Waals surface area (Å²) in [5, 5.41) is 3.01. The Morgan fingerprint density at radius 3 is 2.42 bits per heavy atom. The molecule has 0 aliphatic carbocycles. The van der Waals surface area contributed by atoms with E-state index in [2.05, 4.69) is 5.32 Å². The zero-order valence-corrected chi connectivity index (χ0v) is 19.7. The standard InChI is InChI=1S/C27H28N2O3S/c1-3-32-24-15-13-21(14-16-24)19(2)28-26(31)22-9-11-23(12-10-22)27-29(25(30)18-33-27)17-20-7-5-4-6-8-20/h4-16,19,27H,3,17-18H2,1-2H3,(H,28,31)/t19-,27-/m0/s1. The molecular weight excluding hydrogens is 432 g/mol. The van der Waals surface area contributed by atoms with Crippen molar-refractivity contribution in [2.45, 2.75) is 31.8 Å². The number of nitrogens with one attached hydrogen (secondary N) is 1. The Bertz CT molecular complexity index is 1080. The number of amides is 2. The van der Waals surface area contributed by atoms with Crippen LogP contribution < -0.4 is 10.1 Å². The number of benzene rings is 3. The van der Waals surface area contributed by atoms with Crippen molar-refractivity contribution in [2.75, 3.05) is 12.4 Å². The summed E-state index contributed by atoms with van der Waals surface area (Å²) in [6, 6.07) is 25.2. The highest BCUT2D eigenvalue weighted by Crippen LogP contribution is 2.39. The number of nitrogens with zero attached hydrogens (tertiary/aromatic N) is 1. The Hall–Kier alpha value is -3.25. The molecule has 6 heteroatoms. The van der Waals surface area contributed by atoms with E-state index in [9.17, 15) is 9.59 Å². The van der Waals surface area contributed by atoms with E-state index >= 15 is 0 Å². The van der Waals surface area contributed by atoms with E-state index in [-0.39, 0.29) is 23.2 Å². The van der Waals surface area contributed by atoms with Crippen molar-refractivity contribution in [1.29, 1.82) is 0 Å². The SMILES string of the molecule is CCOc1ccc([C@H](C)NC(=O)c2ccc([C@@H]3SCC(=O)N3Cc3ccccc3)cc2)cc1. The molecule has 1 fully saturated rings. The van der Waals surface area contributed by atoms with Crippen LogP contribution in [0.1, 0.15) is 52.3 Å². The third kappa shape index (κ3) is 5.57. The van der Waals surface area contributed by atoms with Gasteiger partial charge in [-0.05, 0) is 54.8 Å². The lowest BCUT2D eigenvalue weighted by molar-refractivity contribution is -0.128. The van der Waals surface area contributed by atoms with Crippen LogP contribution in [0.3, 0.4) is 0 Å². The second kappa shape index (κ2) is 10.6. The van der Waals surface area contributed by atoms with Crippen LogP contribution in [0.4, 0.5) is 0 Å². The Morgan fingerprint density at radius 2 is 1.76 bits per heavy atom. The summed E-state index contributed by atoms with van der Waals surface area (Å²) in [6.07, 6.45) is 0. The van der Waals surface area contributed by atoms with Crippen molar-refractivity contribution in [3.63, 3.8) is 0 Å². The maximum Gasteiger partial charge on any atom is 0.251 e. The van der Waals surface area contributed by atoms with Gasteiger partial charge in [0.1, 0.15) is 11.1 Å². The first-order valence-corrected chi connectivity index (χ1v) is 12.2. The Balaban J connectivity index is 1.40. The third-order valence-corrected chi connectivity index (χ3v) is 6.92. The van der Waals surface area contributed by atoms with Gasteiger partial charge in [0, 0.05) is 12.1 Å². The molecule has 1 aliphatic rings. The van der Waals surface area contributed by atoms with Gasteiger partial charge in [-0.25, -0.2) is 0 Å². The molecule has 1 saturated heterocycles. The molecule has 0 saturated carbocycles. The van der Waals surface area contributed by atoms with Crippen molar-refractivity contribution >= 4 is 23.6 Å². The minimum absolute atomic E-state index is 0.0439. The van der Waals surface area contributed by atoms with Crippen LogP contribution in [-0.2, 0) is 11.3 Å². The lowest BCUT2D eigenvalue weighted by Gasteiger charge is -2.24. The molecule has 1 heterocycles. The van der Waals surface area contributed by atoms with Gasteiger partial charge in [0.2, 0.25) is 5.91 Å². The average Bonchev–Trinajstić information content (AvgIpc) is 3.20. The molecule has 3 aromatic rings. The van der Waals surface area contributed by atoms with E-state index in [1.807, 2.05) is 97.6 Å². The van der Waals surface area contributed by atoms with Crippen molar-refractivity contribution < 1.29 is 14.3 Å². The van der Waals surface area contributed by atoms with Gasteiger partial charge in [-0.3, -0.25) is 9.59 Å². The summed E-state index contributed by atoms with van der Waals surface area (Å²) in [5.74, 6) is 1.30. The largest absolute Gasteiger partial charge is 0.494 e. The van der Waals surface area contributed by atoms with E-state index in [0.717, 1.165) is 22.4 Å². The van der Waals surface area contributed by atoms with Gasteiger partial charge in [-0.1, -0.05) is 54.6 Å². The zero-order valence-electron chi connectivity index (χ0n) is 18.9. The monoisotopic (exact) mass is 460 g/mol. The van der Waals surface area contributed by atoms with Gasteiger partial charge in [0.05, 0.1) is 18.4 Å². The van der Waals surface area contributed by atoms with Crippen LogP contribution in [0.25, 0.3) is 0 Å². The molecule has 1 aliphatic heterocycles. The number of carbonyl (C=O) groups excluding carboxylic acids is 2. The first-order valence-electron chi connectivity index (χ1n) is 11.1. The molecular formula is C27H28N2O3S. The topological polar surface area (TPSA) is 58.6 Å². The van der Waals surface area contributed by atoms with Gasteiger partial charge in [-0.2, -0.15) is 0 Å². The van der Waals surface area contributed by atoms with Crippen LogP contribution in [0, 0.1) is 0 Å². The predicted molar refractivity (Wildman–Crippen MR) is 132 cm³/mol. The summed E-state index contributed by atoms with van der Waals surface area (Å²) < 4.78 is 5.48. The fraction of sp³-hybridized carbons (Fsp3) is 0.259. The van der Waals surface area contributed by atoms with E-state index in [0.29, 0.717) is 24.5 Å². The smallest absolute Gasteiger partial charge is 0.251 e. The maximum atomic E-state index is 12.8. The Labute approximate surface area is 199 Å². The molecule has 5 nitrogen and oxygen atoms in total. The minimum atomic E-state index is -0.128. The zero-order chi connectivity index (χ0) is 23.2. The second-order valence-electron chi connectivity index (χ2n) is 7.99. The highest BCUT2D eigenvalue weighted by molar-refractivity contribution is 8.00. The van der Waals surface area contributed by atoms with Crippen molar-refractivity contribution in [1.82, 2.24) is 10.2 Å². The van der Waals surface area contributed by atoms with Crippen molar-refractivity contribution in [3.05, 3.63) is 101 Å². The minimum Gasteiger partial charge on any atom is -0.494 e. The number of ether oxygens (including phenoxy) is 1. The summed E-state index contributed by atoms with van der Waals surface area (Å²) >= 11 is 1.62. The lowest BCUT2D eigenvalue weighted by Crippen LogP contribution is -2.28. The van der Waals surface area contributed by atoms with Crippen molar-refractivity contribution in [2.24, 2.45) is 0 Å². The molecule has 2 atom stereocenters. The lowest BCUT2D eigenvalue weighted by atomic mass is 10.1. The number of carbonyl (C=O) groups is 2. The second-order valence-corrected chi connectivity index (χ2v) is 9.06. The van der Waals surface area contributed by atoms with Crippen LogP contribution in [0.2, 0.25) is 0 Å². The number of hydrogen-bond acceptors (Lipinski definition) is 4. The molecule has 33 heavy (non-hydrogen) atoms. The maximum absolute atomic E-state index is 12.8. The van der Waals surface area contributed by atoms with E-state index in [1.54, 1.807) is 11.8 Å². The molecule has 4 rings (SSSR count). The van der Waals surface area contributed by atoms with Crippen LogP contribution >= 0.6 is 11.8 Å². The normalized spacial score (nSPS) is 16.5. The summed E-state index contributed by atoms with van der Waals surface area (Å²) in [4.78, 5) is 27.2. The van der Waals surface area contributed by atoms with Crippen LogP contribution in [0.5, 0.6) is 5.75 Å². The van der Waals surface area contributed by atoms with Gasteiger partial charge >= 0.3 is 0 Å². The van der Waals surface area contributed by atoms with E-state index in [4.69, 9.17) is 4.74 Å². The summed E-state index contributed by atoms with van der Waals surface area (Å²) in [7, 11) is 0. The molecule has 0 radical (unpaired) electrons. The first kappa shape index (κ1) is 22.9. The fourth-order valence-electron chi connectivity index (χ4n) is 3.86. The fourth-order valence-corrected chi connectivity index (χ4v) is 5.05. The number of rotatable bonds is 8. The quantitative estimate of drug-likeness (QED) is 0.492. The average molecular weight is 461 g/mol. The molecule has 170 valence electrons. The Morgan fingerprint density at radius 1 is 1.06 bits per heavy atom. The number of hydrogen-bond donors (Lipinski definition) is 1. The molecule has 3 aromatic carbocycles. The van der Waals surface area contributed by atoms with Crippen LogP contribution in [-0.4, -0.2) is 29.1 Å². The van der Waals surface area contributed by atoms with Gasteiger partial charge in [-0.15, -0.1) is 11.8 Å². The van der Waals surface area contributed by atoms with E-state index in [1.165, 1.54) is 0 Å². The predicted octanol–water partition coefficient (Wildman–Crippen LogP) is 5.35. The number of thioether (sulfide) groups is 1. The molecule has 1 N–H and O–H groups in total. The van der Waals surface area contributed by atoms with Crippen LogP contribution in [0.15, 0.2) is 78.9 Å². The van der Waals surface area contributed by atoms with Gasteiger partial charge in [0.25, 0.3) is 5.91 Å². The summed E-state index contributed by atoms with van der Waals surface area (Å²) in [6.45, 7) is 5.12. The highest BCUT2D eigenvalue weighted by atomic mass is 32.2. The third-order valence-electron chi connectivity index (χ3n) is 5.66. The molecule has 2 amide bonds. The highest BCUT2D eigenvalue weighted by Gasteiger charge is 2.32. The van der Waals surface area contributed by atoms with E-state index < -0.39 is 0 Å². The van der Waals surface area contributed by atoms with Gasteiger partial charge in [0.15, 0.2) is 0 Å². The van der Waals surface area contributed by atoms with Gasteiger partial charge < -0.3 is 15.0 Å². The first-order chi connectivity index (χ1) is 16.0. The Kier molecular flexibility index (Phi) is 7.35. The molecule has 0 spiro atoms. The molecule has 0 aromatic heterocycles. The molecule has 0 bridgehead atoms.